The summed E-state index contributed by atoms with van der Waals surface area (Å²) in [6, 6.07) is 0.205. The van der Waals surface area contributed by atoms with E-state index in [1.807, 2.05) is 6.92 Å². The number of carbonyl (C=O) groups is 1. The third kappa shape index (κ3) is 5.91. The second-order valence-electron chi connectivity index (χ2n) is 4.82. The second kappa shape index (κ2) is 7.44. The molecule has 0 aromatic heterocycles. The summed E-state index contributed by atoms with van der Waals surface area (Å²) in [5, 5.41) is 3.01. The molecule has 0 aromatic rings. The van der Waals surface area contributed by atoms with Crippen LogP contribution in [-0.4, -0.2) is 18.5 Å². The molecule has 92 valence electrons. The van der Waals surface area contributed by atoms with Crippen LogP contribution < -0.4 is 11.1 Å². The molecule has 2 unspecified atom stereocenters. The maximum atomic E-state index is 11.5. The smallest absolute Gasteiger partial charge is 0.220 e. The van der Waals surface area contributed by atoms with E-state index in [9.17, 15) is 4.79 Å². The van der Waals surface area contributed by atoms with Gasteiger partial charge in [-0.25, -0.2) is 0 Å². The molecule has 3 N–H and O–H groups in total. The Balaban J connectivity index is 2.03. The molecule has 0 saturated heterocycles. The quantitative estimate of drug-likeness (QED) is 0.678. The zero-order chi connectivity index (χ0) is 11.8. The summed E-state index contributed by atoms with van der Waals surface area (Å²) in [4.78, 5) is 11.5. The van der Waals surface area contributed by atoms with Gasteiger partial charge >= 0.3 is 0 Å². The van der Waals surface area contributed by atoms with E-state index in [4.69, 9.17) is 5.73 Å². The summed E-state index contributed by atoms with van der Waals surface area (Å²) in [6.45, 7) is 2.81. The molecule has 0 aromatic carbocycles. The fourth-order valence-corrected chi connectivity index (χ4v) is 1.97. The van der Waals surface area contributed by atoms with E-state index in [0.717, 1.165) is 32.2 Å². The van der Waals surface area contributed by atoms with Crippen LogP contribution in [0.15, 0.2) is 12.2 Å². The van der Waals surface area contributed by atoms with Crippen molar-refractivity contribution in [1.82, 2.24) is 5.32 Å². The van der Waals surface area contributed by atoms with Gasteiger partial charge in [0.25, 0.3) is 0 Å². The maximum Gasteiger partial charge on any atom is 0.220 e. The number of rotatable bonds is 6. The predicted molar refractivity (Wildman–Crippen MR) is 67.0 cm³/mol. The highest BCUT2D eigenvalue weighted by atomic mass is 16.1. The summed E-state index contributed by atoms with van der Waals surface area (Å²) in [5.41, 5.74) is 5.63. The van der Waals surface area contributed by atoms with Crippen molar-refractivity contribution in [2.45, 2.75) is 51.5 Å². The van der Waals surface area contributed by atoms with Crippen LogP contribution in [0.2, 0.25) is 0 Å². The number of hydrogen-bond acceptors (Lipinski definition) is 2. The standard InChI is InChI=1S/C13H24N2O/c1-11(14)6-5-9-13(16)15-10-12-7-3-2-4-8-12/h2-3,11-12H,4-10,14H2,1H3,(H,15,16). The predicted octanol–water partition coefficient (Wildman–Crippen LogP) is 1.98. The topological polar surface area (TPSA) is 55.1 Å². The second-order valence-corrected chi connectivity index (χ2v) is 4.82. The summed E-state index contributed by atoms with van der Waals surface area (Å²) in [7, 11) is 0. The van der Waals surface area contributed by atoms with Gasteiger partial charge in [0.15, 0.2) is 0 Å². The first-order valence-corrected chi connectivity index (χ1v) is 6.35. The van der Waals surface area contributed by atoms with E-state index in [1.165, 1.54) is 6.42 Å². The number of hydrogen-bond donors (Lipinski definition) is 2. The van der Waals surface area contributed by atoms with Crippen LogP contribution in [0.1, 0.15) is 45.4 Å². The lowest BCUT2D eigenvalue weighted by Crippen LogP contribution is -2.29. The van der Waals surface area contributed by atoms with Gasteiger partial charge in [0.05, 0.1) is 0 Å². The number of allylic oxidation sites excluding steroid dienone is 2. The minimum absolute atomic E-state index is 0.176. The zero-order valence-corrected chi connectivity index (χ0v) is 10.2. The van der Waals surface area contributed by atoms with Gasteiger partial charge in [-0.2, -0.15) is 0 Å². The van der Waals surface area contributed by atoms with Crippen LogP contribution in [0.5, 0.6) is 0 Å². The lowest BCUT2D eigenvalue weighted by atomic mass is 9.94. The molecule has 0 bridgehead atoms. The van der Waals surface area contributed by atoms with Gasteiger partial charge in [0.1, 0.15) is 0 Å². The molecule has 3 nitrogen and oxygen atoms in total. The molecule has 1 aliphatic rings. The largest absolute Gasteiger partial charge is 0.356 e. The van der Waals surface area contributed by atoms with E-state index in [1.54, 1.807) is 0 Å². The maximum absolute atomic E-state index is 11.5. The molecule has 2 atom stereocenters. The summed E-state index contributed by atoms with van der Waals surface area (Å²) >= 11 is 0. The molecule has 1 rings (SSSR count). The van der Waals surface area contributed by atoms with Crippen molar-refractivity contribution >= 4 is 5.91 Å². The van der Waals surface area contributed by atoms with Crippen molar-refractivity contribution in [1.29, 1.82) is 0 Å². The van der Waals surface area contributed by atoms with Crippen molar-refractivity contribution < 1.29 is 4.79 Å². The highest BCUT2D eigenvalue weighted by Crippen LogP contribution is 2.16. The molecule has 0 aliphatic heterocycles. The lowest BCUT2D eigenvalue weighted by Gasteiger charge is -2.18. The summed E-state index contributed by atoms with van der Waals surface area (Å²) in [5.74, 6) is 0.817. The molecular formula is C13H24N2O. The van der Waals surface area contributed by atoms with Gasteiger partial charge in [-0.15, -0.1) is 0 Å². The van der Waals surface area contributed by atoms with E-state index in [-0.39, 0.29) is 11.9 Å². The third-order valence-corrected chi connectivity index (χ3v) is 3.03. The minimum atomic E-state index is 0.176. The van der Waals surface area contributed by atoms with Gasteiger partial charge in [-0.3, -0.25) is 4.79 Å². The Bertz CT molecular complexity index is 236. The SMILES string of the molecule is CC(N)CCCC(=O)NCC1CC=CCC1. The van der Waals surface area contributed by atoms with Gasteiger partial charge < -0.3 is 11.1 Å². The van der Waals surface area contributed by atoms with Crippen molar-refractivity contribution in [3.8, 4) is 0 Å². The minimum Gasteiger partial charge on any atom is -0.356 e. The zero-order valence-electron chi connectivity index (χ0n) is 10.2. The Labute approximate surface area is 98.5 Å². The average molecular weight is 224 g/mol. The van der Waals surface area contributed by atoms with Crippen molar-refractivity contribution in [3.05, 3.63) is 12.2 Å². The Morgan fingerprint density at radius 1 is 1.56 bits per heavy atom. The molecule has 1 aliphatic carbocycles. The van der Waals surface area contributed by atoms with Gasteiger partial charge in [-0.1, -0.05) is 12.2 Å². The monoisotopic (exact) mass is 224 g/mol. The first-order chi connectivity index (χ1) is 7.68. The first kappa shape index (κ1) is 13.2. The lowest BCUT2D eigenvalue weighted by molar-refractivity contribution is -0.121. The normalized spacial score (nSPS) is 21.8. The van der Waals surface area contributed by atoms with Crippen LogP contribution in [0.4, 0.5) is 0 Å². The first-order valence-electron chi connectivity index (χ1n) is 6.35. The highest BCUT2D eigenvalue weighted by molar-refractivity contribution is 5.75. The van der Waals surface area contributed by atoms with E-state index < -0.39 is 0 Å². The molecule has 1 amide bonds. The summed E-state index contributed by atoms with van der Waals surface area (Å²) < 4.78 is 0. The molecule has 0 heterocycles. The molecule has 0 fully saturated rings. The Morgan fingerprint density at radius 3 is 3.00 bits per heavy atom. The van der Waals surface area contributed by atoms with E-state index in [0.29, 0.717) is 12.3 Å². The summed E-state index contributed by atoms with van der Waals surface area (Å²) in [6.07, 6.45) is 10.4. The van der Waals surface area contributed by atoms with Gasteiger partial charge in [0, 0.05) is 19.0 Å². The number of nitrogens with one attached hydrogen (secondary N) is 1. The molecule has 0 spiro atoms. The van der Waals surface area contributed by atoms with Gasteiger partial charge in [0.2, 0.25) is 5.91 Å². The van der Waals surface area contributed by atoms with E-state index >= 15 is 0 Å². The fraction of sp³-hybridized carbons (Fsp3) is 0.769. The molecule has 3 heteroatoms. The van der Waals surface area contributed by atoms with Crippen LogP contribution in [0.3, 0.4) is 0 Å². The molecule has 0 saturated carbocycles. The van der Waals surface area contributed by atoms with Crippen LogP contribution in [0.25, 0.3) is 0 Å². The van der Waals surface area contributed by atoms with Crippen molar-refractivity contribution in [3.63, 3.8) is 0 Å². The van der Waals surface area contributed by atoms with Crippen molar-refractivity contribution in [2.75, 3.05) is 6.54 Å². The Morgan fingerprint density at radius 2 is 2.38 bits per heavy atom. The average Bonchev–Trinajstić information content (AvgIpc) is 2.27. The van der Waals surface area contributed by atoms with Gasteiger partial charge in [-0.05, 0) is 44.9 Å². The van der Waals surface area contributed by atoms with Crippen molar-refractivity contribution in [2.24, 2.45) is 11.7 Å². The number of carbonyl (C=O) groups excluding carboxylic acids is 1. The van der Waals surface area contributed by atoms with Crippen LogP contribution in [-0.2, 0) is 4.79 Å². The number of nitrogens with two attached hydrogens (primary N) is 1. The van der Waals surface area contributed by atoms with Crippen LogP contribution in [0, 0.1) is 5.92 Å². The molecule has 0 radical (unpaired) electrons. The van der Waals surface area contributed by atoms with Crippen LogP contribution >= 0.6 is 0 Å². The fourth-order valence-electron chi connectivity index (χ4n) is 1.97. The Hall–Kier alpha value is -0.830. The third-order valence-electron chi connectivity index (χ3n) is 3.03. The van der Waals surface area contributed by atoms with E-state index in [2.05, 4.69) is 17.5 Å². The molecular weight excluding hydrogens is 200 g/mol. The Kier molecular flexibility index (Phi) is 6.16. The molecule has 16 heavy (non-hydrogen) atoms. The highest BCUT2D eigenvalue weighted by Gasteiger charge is 2.11. The number of amides is 1.